The number of rotatable bonds is 7. The first-order valence-corrected chi connectivity index (χ1v) is 8.89. The van der Waals surface area contributed by atoms with Gasteiger partial charge in [0.2, 0.25) is 0 Å². The van der Waals surface area contributed by atoms with Crippen LogP contribution in [0, 0.1) is 17.0 Å². The van der Waals surface area contributed by atoms with Gasteiger partial charge in [0.25, 0.3) is 11.6 Å². The van der Waals surface area contributed by atoms with Crippen LogP contribution in [-0.4, -0.2) is 23.7 Å². The molecule has 1 aromatic heterocycles. The summed E-state index contributed by atoms with van der Waals surface area (Å²) >= 11 is 0. The molecule has 0 unspecified atom stereocenters. The van der Waals surface area contributed by atoms with Crippen molar-refractivity contribution < 1.29 is 18.9 Å². The Kier molecular flexibility index (Phi) is 6.03. The Hall–Kier alpha value is -3.94. The second kappa shape index (κ2) is 8.83. The lowest BCUT2D eigenvalue weighted by molar-refractivity contribution is -0.384. The van der Waals surface area contributed by atoms with Gasteiger partial charge in [0.15, 0.2) is 0 Å². The first-order valence-electron chi connectivity index (χ1n) is 8.89. The number of ether oxygens (including phenoxy) is 1. The number of aryl methyl sites for hydroxylation is 1. The Morgan fingerprint density at radius 3 is 2.66 bits per heavy atom. The van der Waals surface area contributed by atoms with Crippen molar-refractivity contribution in [2.24, 2.45) is 5.10 Å². The largest absolute Gasteiger partial charge is 0.494 e. The van der Waals surface area contributed by atoms with Gasteiger partial charge in [-0.1, -0.05) is 6.07 Å². The number of carbonyl (C=O) groups is 1. The molecule has 0 bridgehead atoms. The summed E-state index contributed by atoms with van der Waals surface area (Å²) in [5.74, 6) is 0.990. The predicted molar refractivity (Wildman–Crippen MR) is 108 cm³/mol. The summed E-state index contributed by atoms with van der Waals surface area (Å²) in [6.45, 7) is 4.21. The fourth-order valence-electron chi connectivity index (χ4n) is 2.66. The molecule has 0 radical (unpaired) electrons. The van der Waals surface area contributed by atoms with Gasteiger partial charge < -0.3 is 9.15 Å². The minimum absolute atomic E-state index is 0.0355. The Bertz CT molecular complexity index is 1050. The van der Waals surface area contributed by atoms with E-state index in [9.17, 15) is 14.9 Å². The lowest BCUT2D eigenvalue weighted by atomic mass is 10.1. The molecule has 0 atom stereocenters. The van der Waals surface area contributed by atoms with Crippen molar-refractivity contribution in [2.45, 2.75) is 13.8 Å². The standard InChI is InChI=1S/C21H19N3O5/c1-3-28-16-7-5-15(6-8-16)21(25)23-22-13-17-9-11-20(29-17)18-10-4-14(2)12-19(18)24(26)27/h4-13H,3H2,1-2H3,(H,23,25)/b22-13-. The molecule has 0 saturated carbocycles. The van der Waals surface area contributed by atoms with Crippen molar-refractivity contribution in [3.8, 4) is 17.1 Å². The van der Waals surface area contributed by atoms with E-state index in [4.69, 9.17) is 9.15 Å². The molecule has 29 heavy (non-hydrogen) atoms. The van der Waals surface area contributed by atoms with E-state index in [0.29, 0.717) is 35.0 Å². The quantitative estimate of drug-likeness (QED) is 0.365. The highest BCUT2D eigenvalue weighted by Crippen LogP contribution is 2.31. The van der Waals surface area contributed by atoms with Crippen molar-refractivity contribution in [2.75, 3.05) is 6.61 Å². The summed E-state index contributed by atoms with van der Waals surface area (Å²) in [7, 11) is 0. The van der Waals surface area contributed by atoms with Gasteiger partial charge in [-0.2, -0.15) is 5.10 Å². The number of carbonyl (C=O) groups excluding carboxylic acids is 1. The molecular weight excluding hydrogens is 374 g/mol. The number of nitro benzene ring substituents is 1. The van der Waals surface area contributed by atoms with Crippen LogP contribution in [0.5, 0.6) is 5.75 Å². The van der Waals surface area contributed by atoms with E-state index in [-0.39, 0.29) is 11.6 Å². The van der Waals surface area contributed by atoms with E-state index in [1.807, 2.05) is 6.92 Å². The molecule has 3 aromatic rings. The van der Waals surface area contributed by atoms with Crippen molar-refractivity contribution in [1.82, 2.24) is 5.43 Å². The molecule has 1 N–H and O–H groups in total. The summed E-state index contributed by atoms with van der Waals surface area (Å²) in [4.78, 5) is 22.9. The fourth-order valence-corrected chi connectivity index (χ4v) is 2.66. The van der Waals surface area contributed by atoms with Crippen molar-refractivity contribution in [3.05, 3.63) is 81.6 Å². The van der Waals surface area contributed by atoms with Crippen molar-refractivity contribution in [1.29, 1.82) is 0 Å². The topological polar surface area (TPSA) is 107 Å². The molecule has 0 aliphatic carbocycles. The maximum atomic E-state index is 12.1. The molecule has 1 heterocycles. The number of furan rings is 1. The number of hydrogen-bond donors (Lipinski definition) is 1. The smallest absolute Gasteiger partial charge is 0.280 e. The lowest BCUT2D eigenvalue weighted by Gasteiger charge is -2.03. The molecule has 0 spiro atoms. The van der Waals surface area contributed by atoms with Crippen LogP contribution in [0.25, 0.3) is 11.3 Å². The zero-order valence-electron chi connectivity index (χ0n) is 15.9. The van der Waals surface area contributed by atoms with Crippen LogP contribution < -0.4 is 10.2 Å². The number of hydrazone groups is 1. The lowest BCUT2D eigenvalue weighted by Crippen LogP contribution is -2.17. The van der Waals surface area contributed by atoms with E-state index < -0.39 is 4.92 Å². The number of nitrogens with one attached hydrogen (secondary N) is 1. The van der Waals surface area contributed by atoms with E-state index >= 15 is 0 Å². The van der Waals surface area contributed by atoms with Crippen LogP contribution in [0.3, 0.4) is 0 Å². The first-order chi connectivity index (χ1) is 14.0. The third kappa shape index (κ3) is 4.86. The number of hydrogen-bond acceptors (Lipinski definition) is 6. The number of nitrogens with zero attached hydrogens (tertiary/aromatic N) is 2. The number of amides is 1. The predicted octanol–water partition coefficient (Wildman–Crippen LogP) is 4.33. The summed E-state index contributed by atoms with van der Waals surface area (Å²) in [6, 6.07) is 14.8. The van der Waals surface area contributed by atoms with Crippen molar-refractivity contribution >= 4 is 17.8 Å². The highest BCUT2D eigenvalue weighted by molar-refractivity contribution is 5.94. The molecule has 8 nitrogen and oxygen atoms in total. The van der Waals surface area contributed by atoms with Gasteiger partial charge in [-0.25, -0.2) is 5.43 Å². The molecule has 0 fully saturated rings. The zero-order valence-corrected chi connectivity index (χ0v) is 15.9. The minimum atomic E-state index is -0.449. The van der Waals surface area contributed by atoms with E-state index in [0.717, 1.165) is 5.56 Å². The van der Waals surface area contributed by atoms with E-state index in [1.54, 1.807) is 55.5 Å². The summed E-state index contributed by atoms with van der Waals surface area (Å²) in [6.07, 6.45) is 1.33. The second-order valence-corrected chi connectivity index (χ2v) is 6.14. The molecular formula is C21H19N3O5. The van der Waals surface area contributed by atoms with E-state index in [1.165, 1.54) is 12.3 Å². The third-order valence-corrected chi connectivity index (χ3v) is 4.03. The highest BCUT2D eigenvalue weighted by Gasteiger charge is 2.18. The maximum absolute atomic E-state index is 12.1. The molecule has 1 amide bonds. The molecule has 0 aliphatic rings. The van der Waals surface area contributed by atoms with Crippen LogP contribution in [0.1, 0.15) is 28.6 Å². The zero-order chi connectivity index (χ0) is 20.8. The molecule has 0 aliphatic heterocycles. The Balaban J connectivity index is 1.68. The van der Waals surface area contributed by atoms with Gasteiger partial charge in [-0.05, 0) is 61.9 Å². The van der Waals surface area contributed by atoms with Gasteiger partial charge in [-0.15, -0.1) is 0 Å². The van der Waals surface area contributed by atoms with Gasteiger partial charge in [0.1, 0.15) is 17.3 Å². The summed E-state index contributed by atoms with van der Waals surface area (Å²) < 4.78 is 10.9. The number of nitro groups is 1. The fraction of sp³-hybridized carbons (Fsp3) is 0.143. The van der Waals surface area contributed by atoms with Gasteiger partial charge in [-0.3, -0.25) is 14.9 Å². The Morgan fingerprint density at radius 1 is 1.21 bits per heavy atom. The van der Waals surface area contributed by atoms with Crippen LogP contribution in [-0.2, 0) is 0 Å². The minimum Gasteiger partial charge on any atom is -0.494 e. The average Bonchev–Trinajstić information content (AvgIpc) is 3.17. The van der Waals surface area contributed by atoms with Crippen LogP contribution in [0.4, 0.5) is 5.69 Å². The van der Waals surface area contributed by atoms with Crippen LogP contribution in [0.2, 0.25) is 0 Å². The second-order valence-electron chi connectivity index (χ2n) is 6.14. The van der Waals surface area contributed by atoms with E-state index in [2.05, 4.69) is 10.5 Å². The number of benzene rings is 2. The Labute approximate surface area is 167 Å². The molecule has 2 aromatic carbocycles. The van der Waals surface area contributed by atoms with Crippen LogP contribution in [0.15, 0.2) is 64.1 Å². The average molecular weight is 393 g/mol. The summed E-state index contributed by atoms with van der Waals surface area (Å²) in [5, 5.41) is 15.1. The van der Waals surface area contributed by atoms with Gasteiger partial charge in [0, 0.05) is 11.6 Å². The SMILES string of the molecule is CCOc1ccc(C(=O)N/N=C\c2ccc(-c3ccc(C)cc3[N+](=O)[O-])o2)cc1. The Morgan fingerprint density at radius 2 is 1.97 bits per heavy atom. The van der Waals surface area contributed by atoms with Crippen LogP contribution >= 0.6 is 0 Å². The molecule has 0 saturated heterocycles. The normalized spacial score (nSPS) is 10.8. The van der Waals surface area contributed by atoms with Gasteiger partial charge in [0.05, 0.1) is 23.3 Å². The molecule has 3 rings (SSSR count). The summed E-state index contributed by atoms with van der Waals surface area (Å²) in [5.41, 5.74) is 3.96. The monoisotopic (exact) mass is 393 g/mol. The van der Waals surface area contributed by atoms with Crippen molar-refractivity contribution in [3.63, 3.8) is 0 Å². The maximum Gasteiger partial charge on any atom is 0.280 e. The molecule has 148 valence electrons. The molecule has 8 heteroatoms. The first kappa shape index (κ1) is 19.8. The third-order valence-electron chi connectivity index (χ3n) is 4.03. The van der Waals surface area contributed by atoms with Gasteiger partial charge >= 0.3 is 0 Å². The highest BCUT2D eigenvalue weighted by atomic mass is 16.6.